The van der Waals surface area contributed by atoms with Crippen molar-refractivity contribution in [1.82, 2.24) is 20.2 Å². The van der Waals surface area contributed by atoms with E-state index in [4.69, 9.17) is 0 Å². The minimum absolute atomic E-state index is 0.240. The second-order valence-corrected chi connectivity index (χ2v) is 5.33. The first-order chi connectivity index (χ1) is 8.48. The van der Waals surface area contributed by atoms with E-state index in [-0.39, 0.29) is 5.54 Å². The van der Waals surface area contributed by atoms with E-state index in [0.717, 1.165) is 5.56 Å². The van der Waals surface area contributed by atoms with Crippen molar-refractivity contribution in [2.45, 2.75) is 38.8 Å². The van der Waals surface area contributed by atoms with Crippen LogP contribution in [0.2, 0.25) is 0 Å². The molecule has 0 aliphatic heterocycles. The minimum Gasteiger partial charge on any atom is -0.385 e. The third-order valence-corrected chi connectivity index (χ3v) is 2.70. The van der Waals surface area contributed by atoms with E-state index >= 15 is 0 Å². The zero-order valence-electron chi connectivity index (χ0n) is 10.9. The third-order valence-electron chi connectivity index (χ3n) is 2.70. The minimum atomic E-state index is -0.693. The van der Waals surface area contributed by atoms with Crippen LogP contribution < -0.4 is 0 Å². The molecule has 0 saturated heterocycles. The lowest BCUT2D eigenvalue weighted by molar-refractivity contribution is 0.152. The van der Waals surface area contributed by atoms with Crippen molar-refractivity contribution in [3.8, 4) is 0 Å². The molecule has 0 fully saturated rings. The predicted octanol–water partition coefficient (Wildman–Crippen LogP) is 1.70. The van der Waals surface area contributed by atoms with Crippen molar-refractivity contribution >= 4 is 0 Å². The molecule has 2 aromatic rings. The third kappa shape index (κ3) is 2.73. The molecule has 0 aliphatic carbocycles. The molecule has 0 radical (unpaired) electrons. The number of hydrogen-bond donors (Lipinski definition) is 1. The van der Waals surface area contributed by atoms with Crippen LogP contribution in [0.15, 0.2) is 30.3 Å². The van der Waals surface area contributed by atoms with E-state index in [1.165, 1.54) is 0 Å². The molecule has 1 unspecified atom stereocenters. The van der Waals surface area contributed by atoms with Gasteiger partial charge in [0.2, 0.25) is 0 Å². The number of aromatic nitrogens is 4. The lowest BCUT2D eigenvalue weighted by atomic mass is 10.1. The fourth-order valence-corrected chi connectivity index (χ4v) is 1.81. The van der Waals surface area contributed by atoms with Gasteiger partial charge in [-0.3, -0.25) is 0 Å². The van der Waals surface area contributed by atoms with Crippen molar-refractivity contribution in [3.63, 3.8) is 0 Å². The van der Waals surface area contributed by atoms with Gasteiger partial charge in [-0.25, -0.2) is 4.68 Å². The average Bonchev–Trinajstić information content (AvgIpc) is 2.79. The number of aliphatic hydroxyl groups excluding tert-OH is 1. The van der Waals surface area contributed by atoms with Crippen LogP contribution in [0.4, 0.5) is 0 Å². The Balaban J connectivity index is 2.20. The van der Waals surface area contributed by atoms with E-state index in [2.05, 4.69) is 15.5 Å². The quantitative estimate of drug-likeness (QED) is 0.895. The fourth-order valence-electron chi connectivity index (χ4n) is 1.81. The van der Waals surface area contributed by atoms with E-state index in [1.807, 2.05) is 51.1 Å². The van der Waals surface area contributed by atoms with E-state index in [1.54, 1.807) is 4.68 Å². The first-order valence-corrected chi connectivity index (χ1v) is 5.99. The molecule has 1 aromatic heterocycles. The van der Waals surface area contributed by atoms with Gasteiger partial charge < -0.3 is 5.11 Å². The topological polar surface area (TPSA) is 63.8 Å². The first kappa shape index (κ1) is 12.7. The first-order valence-electron chi connectivity index (χ1n) is 5.99. The highest BCUT2D eigenvalue weighted by atomic mass is 16.3. The maximum atomic E-state index is 10.2. The molecule has 0 spiro atoms. The highest BCUT2D eigenvalue weighted by Gasteiger charge is 2.24. The van der Waals surface area contributed by atoms with Crippen molar-refractivity contribution in [1.29, 1.82) is 0 Å². The predicted molar refractivity (Wildman–Crippen MR) is 67.9 cm³/mol. The van der Waals surface area contributed by atoms with Crippen LogP contribution in [0.3, 0.4) is 0 Å². The van der Waals surface area contributed by atoms with Gasteiger partial charge in [-0.05, 0) is 36.8 Å². The Morgan fingerprint density at radius 3 is 2.50 bits per heavy atom. The molecule has 2 rings (SSSR count). The molecule has 96 valence electrons. The Labute approximate surface area is 106 Å². The average molecular weight is 246 g/mol. The molecular weight excluding hydrogens is 228 g/mol. The van der Waals surface area contributed by atoms with Gasteiger partial charge in [0, 0.05) is 6.42 Å². The second-order valence-electron chi connectivity index (χ2n) is 5.33. The Bertz CT molecular complexity index is 501. The zero-order valence-corrected chi connectivity index (χ0v) is 10.9. The molecule has 5 heteroatoms. The summed E-state index contributed by atoms with van der Waals surface area (Å²) >= 11 is 0. The fraction of sp³-hybridized carbons (Fsp3) is 0.462. The van der Waals surface area contributed by atoms with Crippen LogP contribution in [-0.4, -0.2) is 25.3 Å². The number of hydrogen-bond acceptors (Lipinski definition) is 4. The smallest absolute Gasteiger partial charge is 0.180 e. The van der Waals surface area contributed by atoms with Crippen LogP contribution in [-0.2, 0) is 12.0 Å². The molecule has 1 heterocycles. The molecule has 1 aromatic carbocycles. The van der Waals surface area contributed by atoms with E-state index in [9.17, 15) is 5.11 Å². The van der Waals surface area contributed by atoms with Crippen LogP contribution in [0.1, 0.15) is 38.3 Å². The van der Waals surface area contributed by atoms with Crippen molar-refractivity contribution in [3.05, 3.63) is 41.7 Å². The maximum Gasteiger partial charge on any atom is 0.180 e. The summed E-state index contributed by atoms with van der Waals surface area (Å²) in [4.78, 5) is 0. The molecule has 0 bridgehead atoms. The van der Waals surface area contributed by atoms with Gasteiger partial charge in [0.05, 0.1) is 5.54 Å². The maximum absolute atomic E-state index is 10.2. The summed E-state index contributed by atoms with van der Waals surface area (Å²) in [7, 11) is 0. The van der Waals surface area contributed by atoms with Gasteiger partial charge >= 0.3 is 0 Å². The molecule has 5 nitrogen and oxygen atoms in total. The van der Waals surface area contributed by atoms with Gasteiger partial charge in [0.15, 0.2) is 5.82 Å². The van der Waals surface area contributed by atoms with Gasteiger partial charge in [-0.15, -0.1) is 5.10 Å². The van der Waals surface area contributed by atoms with Gasteiger partial charge in [0.1, 0.15) is 6.10 Å². The van der Waals surface area contributed by atoms with Crippen LogP contribution in [0.5, 0.6) is 0 Å². The van der Waals surface area contributed by atoms with Gasteiger partial charge in [-0.1, -0.05) is 30.3 Å². The SMILES string of the molecule is CC(C)(C)n1nnnc1C(O)Cc1ccccc1. The number of benzene rings is 1. The second kappa shape index (κ2) is 4.86. The summed E-state index contributed by atoms with van der Waals surface area (Å²) in [6.07, 6.45) is -0.182. The Kier molecular flexibility index (Phi) is 3.43. The molecule has 1 N–H and O–H groups in total. The molecule has 1 atom stereocenters. The molecule has 0 aliphatic rings. The normalized spacial score (nSPS) is 13.6. The Morgan fingerprint density at radius 1 is 1.22 bits per heavy atom. The monoisotopic (exact) mass is 246 g/mol. The summed E-state index contributed by atoms with van der Waals surface area (Å²) in [6, 6.07) is 9.82. The summed E-state index contributed by atoms with van der Waals surface area (Å²) in [5.74, 6) is 0.506. The van der Waals surface area contributed by atoms with Crippen LogP contribution in [0.25, 0.3) is 0 Å². The summed E-state index contributed by atoms with van der Waals surface area (Å²) in [6.45, 7) is 6.01. The van der Waals surface area contributed by atoms with Crippen LogP contribution in [0, 0.1) is 0 Å². The Hall–Kier alpha value is -1.75. The Morgan fingerprint density at radius 2 is 1.89 bits per heavy atom. The number of rotatable bonds is 3. The van der Waals surface area contributed by atoms with Gasteiger partial charge in [-0.2, -0.15) is 0 Å². The highest BCUT2D eigenvalue weighted by molar-refractivity contribution is 5.16. The summed E-state index contributed by atoms with van der Waals surface area (Å²) < 4.78 is 1.67. The van der Waals surface area contributed by atoms with E-state index in [0.29, 0.717) is 12.2 Å². The van der Waals surface area contributed by atoms with Crippen molar-refractivity contribution in [2.75, 3.05) is 0 Å². The highest BCUT2D eigenvalue weighted by Crippen LogP contribution is 2.20. The zero-order chi connectivity index (χ0) is 13.2. The van der Waals surface area contributed by atoms with E-state index < -0.39 is 6.10 Å². The largest absolute Gasteiger partial charge is 0.385 e. The molecular formula is C13H18N4O. The summed E-state index contributed by atoms with van der Waals surface area (Å²) in [5.41, 5.74) is 0.824. The molecule has 18 heavy (non-hydrogen) atoms. The number of tetrazole rings is 1. The lowest BCUT2D eigenvalue weighted by Crippen LogP contribution is -2.27. The standard InChI is InChI=1S/C13H18N4O/c1-13(2,3)17-12(14-15-16-17)11(18)9-10-7-5-4-6-8-10/h4-8,11,18H,9H2,1-3H3. The van der Waals surface area contributed by atoms with Gasteiger partial charge in [0.25, 0.3) is 0 Å². The summed E-state index contributed by atoms with van der Waals surface area (Å²) in [5, 5.41) is 21.8. The van der Waals surface area contributed by atoms with Crippen molar-refractivity contribution in [2.24, 2.45) is 0 Å². The number of aliphatic hydroxyl groups is 1. The lowest BCUT2D eigenvalue weighted by Gasteiger charge is -2.21. The van der Waals surface area contributed by atoms with Crippen LogP contribution >= 0.6 is 0 Å². The van der Waals surface area contributed by atoms with Crippen molar-refractivity contribution < 1.29 is 5.11 Å². The molecule has 0 amide bonds. The molecule has 0 saturated carbocycles. The number of nitrogens with zero attached hydrogens (tertiary/aromatic N) is 4.